The normalized spacial score (nSPS) is 28.7. The van der Waals surface area contributed by atoms with Crippen LogP contribution in [0.5, 0.6) is 5.19 Å². The predicted molar refractivity (Wildman–Crippen MR) is 194 cm³/mol. The fraction of sp³-hybridized carbons (Fsp3) is 0.538. The summed E-state index contributed by atoms with van der Waals surface area (Å²) >= 11 is 1.41. The van der Waals surface area contributed by atoms with E-state index in [-0.39, 0.29) is 42.8 Å². The van der Waals surface area contributed by atoms with Crippen molar-refractivity contribution in [2.24, 2.45) is 17.3 Å². The van der Waals surface area contributed by atoms with Gasteiger partial charge in [-0.3, -0.25) is 19.1 Å². The number of Topliss-reactive ketones (excluding diaryl/α,β-unsaturated/α-hetero) is 1. The largest absolute Gasteiger partial charge is 0.465 e. The van der Waals surface area contributed by atoms with Gasteiger partial charge in [-0.15, -0.1) is 0 Å². The second-order valence-corrected chi connectivity index (χ2v) is 18.7. The summed E-state index contributed by atoms with van der Waals surface area (Å²) in [5.41, 5.74) is 2.21. The van der Waals surface area contributed by atoms with Gasteiger partial charge in [-0.05, 0) is 113 Å². The molecule has 1 saturated heterocycles. The van der Waals surface area contributed by atoms with Gasteiger partial charge < -0.3 is 9.64 Å². The minimum Gasteiger partial charge on any atom is -0.465 e. The number of amides is 2. The molecule has 2 amide bonds. The number of ether oxygens (including phenoxy) is 1. The Balaban J connectivity index is 1.19. The third kappa shape index (κ3) is 7.49. The number of hydrogen-bond acceptors (Lipinski definition) is 8. The number of carbonyl (C=O) groups is 3. The van der Waals surface area contributed by atoms with E-state index in [9.17, 15) is 27.2 Å². The van der Waals surface area contributed by atoms with Crippen LogP contribution in [-0.2, 0) is 30.8 Å². The predicted octanol–water partition coefficient (Wildman–Crippen LogP) is 6.74. The van der Waals surface area contributed by atoms with Crippen LogP contribution in [0.2, 0.25) is 0 Å². The Kier molecular flexibility index (Phi) is 9.62. The molecule has 2 saturated carbocycles. The number of halogens is 1. The molecule has 2 aliphatic carbocycles. The Hall–Kier alpha value is -3.64. The van der Waals surface area contributed by atoms with E-state index in [1.165, 1.54) is 23.5 Å². The monoisotopic (exact) mass is 735 g/mol. The van der Waals surface area contributed by atoms with E-state index in [0.29, 0.717) is 37.3 Å². The summed E-state index contributed by atoms with van der Waals surface area (Å²) in [4.78, 5) is 49.2. The molecular weight excluding hydrogens is 690 g/mol. The molecule has 3 heterocycles. The molecule has 272 valence electrons. The molecule has 1 N–H and O–H groups in total. The van der Waals surface area contributed by atoms with Gasteiger partial charge in [0, 0.05) is 18.8 Å². The van der Waals surface area contributed by atoms with Crippen LogP contribution in [-0.4, -0.2) is 59.3 Å². The Bertz CT molecular complexity index is 1990. The van der Waals surface area contributed by atoms with Crippen LogP contribution in [0, 0.1) is 36.9 Å². The van der Waals surface area contributed by atoms with Crippen molar-refractivity contribution in [2.75, 3.05) is 6.54 Å². The molecule has 3 fully saturated rings. The van der Waals surface area contributed by atoms with Crippen LogP contribution < -0.4 is 9.46 Å². The number of ketones is 1. The van der Waals surface area contributed by atoms with Crippen LogP contribution in [0.1, 0.15) is 87.8 Å². The lowest BCUT2D eigenvalue weighted by Crippen LogP contribution is -2.47. The van der Waals surface area contributed by atoms with E-state index in [4.69, 9.17) is 4.74 Å². The van der Waals surface area contributed by atoms with Crippen molar-refractivity contribution in [3.8, 4) is 5.19 Å². The van der Waals surface area contributed by atoms with Gasteiger partial charge in [0.15, 0.2) is 5.78 Å². The summed E-state index contributed by atoms with van der Waals surface area (Å²) in [6, 6.07) is 9.93. The molecule has 1 aromatic heterocycles. The molecule has 0 spiro atoms. The highest BCUT2D eigenvalue weighted by Crippen LogP contribution is 2.57. The smallest absolute Gasteiger partial charge is 0.274 e. The Labute approximate surface area is 303 Å². The molecular formula is C39H46FN3O6S2. The van der Waals surface area contributed by atoms with E-state index in [2.05, 4.69) is 9.71 Å². The minimum atomic E-state index is -3.91. The van der Waals surface area contributed by atoms with Crippen molar-refractivity contribution in [3.63, 3.8) is 0 Å². The Morgan fingerprint density at radius 2 is 1.90 bits per heavy atom. The molecule has 9 nitrogen and oxygen atoms in total. The molecule has 7 rings (SSSR count). The zero-order chi connectivity index (χ0) is 36.1. The summed E-state index contributed by atoms with van der Waals surface area (Å²) in [6.45, 7) is 5.63. The topological polar surface area (TPSA) is 123 Å². The summed E-state index contributed by atoms with van der Waals surface area (Å²) in [7, 11) is -3.91. The number of nitrogens with one attached hydrogen (secondary N) is 1. The van der Waals surface area contributed by atoms with Gasteiger partial charge in [0.2, 0.25) is 21.8 Å². The fourth-order valence-corrected chi connectivity index (χ4v) is 10.2. The maximum Gasteiger partial charge on any atom is 0.274 e. The number of thiazole rings is 1. The molecule has 2 aliphatic heterocycles. The van der Waals surface area contributed by atoms with E-state index in [0.717, 1.165) is 52.6 Å². The van der Waals surface area contributed by atoms with Gasteiger partial charge in [0.05, 0.1) is 33.0 Å². The lowest BCUT2D eigenvalue weighted by atomic mass is 9.89. The summed E-state index contributed by atoms with van der Waals surface area (Å²) < 4.78 is 49.5. The van der Waals surface area contributed by atoms with E-state index >= 15 is 0 Å². The first kappa shape index (κ1) is 35.7. The van der Waals surface area contributed by atoms with Crippen LogP contribution in [0.4, 0.5) is 4.39 Å². The van der Waals surface area contributed by atoms with Crippen LogP contribution >= 0.6 is 11.3 Å². The van der Waals surface area contributed by atoms with Crippen LogP contribution in [0.15, 0.2) is 48.6 Å². The SMILES string of the molecule is Cc1cc(F)cc(C[C@H]2CCCCC/C=C\[C@@H]3C[C@@]3(C(=O)NS(=O)(=O)C3(C)CC3)CC(=O)[C@@H]3C[C@@H](Oc4nc5ccc(C)cc5s4)CN3C2=O)c1. The molecule has 0 bridgehead atoms. The van der Waals surface area contributed by atoms with Crippen molar-refractivity contribution < 1.29 is 31.9 Å². The maximum absolute atomic E-state index is 14.6. The summed E-state index contributed by atoms with van der Waals surface area (Å²) in [5.74, 6) is -2.23. The highest BCUT2D eigenvalue weighted by molar-refractivity contribution is 7.91. The first-order valence-corrected chi connectivity index (χ1v) is 20.4. The van der Waals surface area contributed by atoms with Crippen LogP contribution in [0.3, 0.4) is 0 Å². The van der Waals surface area contributed by atoms with Crippen molar-refractivity contribution in [1.82, 2.24) is 14.6 Å². The zero-order valence-electron chi connectivity index (χ0n) is 29.5. The Morgan fingerprint density at radius 1 is 1.10 bits per heavy atom. The second kappa shape index (κ2) is 13.7. The number of hydrogen-bond donors (Lipinski definition) is 1. The molecule has 2 aromatic carbocycles. The third-order valence-electron chi connectivity index (χ3n) is 11.3. The lowest BCUT2D eigenvalue weighted by molar-refractivity contribution is -0.142. The zero-order valence-corrected chi connectivity index (χ0v) is 31.1. The number of aromatic nitrogens is 1. The van der Waals surface area contributed by atoms with Crippen molar-refractivity contribution in [2.45, 2.75) is 108 Å². The summed E-state index contributed by atoms with van der Waals surface area (Å²) in [6.07, 6.45) is 9.10. The summed E-state index contributed by atoms with van der Waals surface area (Å²) in [5, 5.41) is 0.456. The van der Waals surface area contributed by atoms with E-state index < -0.39 is 44.2 Å². The van der Waals surface area contributed by atoms with E-state index in [1.54, 1.807) is 11.8 Å². The van der Waals surface area contributed by atoms with Crippen molar-refractivity contribution >= 4 is 49.2 Å². The van der Waals surface area contributed by atoms with Gasteiger partial charge in [0.25, 0.3) is 5.19 Å². The van der Waals surface area contributed by atoms with Gasteiger partial charge in [0.1, 0.15) is 11.9 Å². The third-order valence-corrected chi connectivity index (χ3v) is 14.4. The number of sulfonamides is 1. The number of fused-ring (bicyclic) bond motifs is 3. The first-order chi connectivity index (χ1) is 24.2. The molecule has 3 aromatic rings. The quantitative estimate of drug-likeness (QED) is 0.267. The molecule has 0 unspecified atom stereocenters. The number of rotatable bonds is 7. The number of nitrogens with zero attached hydrogens (tertiary/aromatic N) is 2. The van der Waals surface area contributed by atoms with Gasteiger partial charge in [-0.25, -0.2) is 17.8 Å². The first-order valence-electron chi connectivity index (χ1n) is 18.1. The van der Waals surface area contributed by atoms with Crippen molar-refractivity contribution in [3.05, 3.63) is 71.1 Å². The highest BCUT2D eigenvalue weighted by Gasteiger charge is 2.62. The molecule has 12 heteroatoms. The van der Waals surface area contributed by atoms with Crippen molar-refractivity contribution in [1.29, 1.82) is 0 Å². The van der Waals surface area contributed by atoms with Gasteiger partial charge >= 0.3 is 0 Å². The number of aryl methyl sites for hydroxylation is 2. The average molecular weight is 736 g/mol. The Morgan fingerprint density at radius 3 is 2.67 bits per heavy atom. The fourth-order valence-electron chi connectivity index (χ4n) is 7.84. The minimum absolute atomic E-state index is 0.165. The molecule has 4 aliphatic rings. The highest BCUT2D eigenvalue weighted by atomic mass is 32.2. The lowest BCUT2D eigenvalue weighted by Gasteiger charge is -2.29. The molecule has 51 heavy (non-hydrogen) atoms. The second-order valence-electron chi connectivity index (χ2n) is 15.5. The molecule has 5 atom stereocenters. The number of benzene rings is 2. The van der Waals surface area contributed by atoms with Crippen LogP contribution in [0.25, 0.3) is 10.2 Å². The molecule has 0 radical (unpaired) electrons. The average Bonchev–Trinajstić information content (AvgIpc) is 3.87. The van der Waals surface area contributed by atoms with Gasteiger partial charge in [-0.2, -0.15) is 0 Å². The number of carbonyl (C=O) groups excluding carboxylic acids is 3. The standard InChI is InChI=1S/C39H46FN3O6S2/c1-24-11-12-31-34(17-24)50-37(41-31)49-30-20-32-33(44)22-39(36(46)42-51(47,48)38(3)13-14-38)21-28(39)10-8-6-4-5-7-9-27(35(45)43(32)23-30)18-26-15-25(2)16-29(40)19-26/h8,10-12,15-17,19,27-28,30,32H,4-7,9,13-14,18,20-23H2,1-3H3,(H,42,46)/b10-8-/t27-,28-,30-,32+,39-/m1/s1. The van der Waals surface area contributed by atoms with E-state index in [1.807, 2.05) is 50.3 Å². The maximum atomic E-state index is 14.6. The van der Waals surface area contributed by atoms with Gasteiger partial charge in [-0.1, -0.05) is 48.5 Å². The number of allylic oxidation sites excluding steroid dienone is 2.